The van der Waals surface area contributed by atoms with Crippen molar-refractivity contribution in [1.29, 1.82) is 0 Å². The molecule has 1 N–H and O–H groups in total. The molecule has 0 radical (unpaired) electrons. The van der Waals surface area contributed by atoms with Gasteiger partial charge in [0.05, 0.1) is 5.56 Å². The summed E-state index contributed by atoms with van der Waals surface area (Å²) < 4.78 is 42.7. The number of hydrogen-bond donors (Lipinski definition) is 1. The summed E-state index contributed by atoms with van der Waals surface area (Å²) in [6.07, 6.45) is -1.77. The van der Waals surface area contributed by atoms with Gasteiger partial charge >= 0.3 is 6.18 Å². The quantitative estimate of drug-likeness (QED) is 0.880. The van der Waals surface area contributed by atoms with Crippen molar-refractivity contribution >= 4 is 0 Å². The summed E-state index contributed by atoms with van der Waals surface area (Å²) >= 11 is 0. The lowest BCUT2D eigenvalue weighted by molar-refractivity contribution is -0.137. The number of aliphatic hydroxyl groups is 1. The van der Waals surface area contributed by atoms with Crippen molar-refractivity contribution < 1.29 is 23.0 Å². The second-order valence-corrected chi connectivity index (χ2v) is 4.53. The van der Waals surface area contributed by atoms with Crippen LogP contribution in [0.4, 0.5) is 13.2 Å². The van der Waals surface area contributed by atoms with Gasteiger partial charge in [0.1, 0.15) is 11.9 Å². The standard InChI is InChI=1S/C13H15F3O2/c14-13(15,16)10-3-5-11(6-4-10)18-12(7-8-17)9-1-2-9/h3-6,9,12,17H,1-2,7-8H2. The van der Waals surface area contributed by atoms with Crippen LogP contribution in [0.5, 0.6) is 5.75 Å². The minimum absolute atomic E-state index is 0.0296. The fourth-order valence-corrected chi connectivity index (χ4v) is 1.88. The van der Waals surface area contributed by atoms with Crippen LogP contribution in [-0.4, -0.2) is 17.8 Å². The highest BCUT2D eigenvalue weighted by Gasteiger charge is 2.33. The van der Waals surface area contributed by atoms with E-state index in [1.807, 2.05) is 0 Å². The SMILES string of the molecule is OCCC(Oc1ccc(C(F)(F)F)cc1)C1CC1. The smallest absolute Gasteiger partial charge is 0.416 e. The molecule has 1 fully saturated rings. The highest BCUT2D eigenvalue weighted by atomic mass is 19.4. The Balaban J connectivity index is 2.00. The van der Waals surface area contributed by atoms with Crippen molar-refractivity contribution in [2.75, 3.05) is 6.61 Å². The van der Waals surface area contributed by atoms with E-state index < -0.39 is 11.7 Å². The summed E-state index contributed by atoms with van der Waals surface area (Å²) in [6, 6.07) is 4.68. The van der Waals surface area contributed by atoms with Crippen LogP contribution in [0.15, 0.2) is 24.3 Å². The van der Waals surface area contributed by atoms with Gasteiger partial charge in [-0.2, -0.15) is 13.2 Å². The molecule has 0 heterocycles. The summed E-state index contributed by atoms with van der Waals surface area (Å²) in [7, 11) is 0. The van der Waals surface area contributed by atoms with Crippen LogP contribution in [-0.2, 0) is 6.18 Å². The van der Waals surface area contributed by atoms with Gasteiger partial charge in [-0.3, -0.25) is 0 Å². The normalized spacial score (nSPS) is 17.6. The van der Waals surface area contributed by atoms with E-state index in [1.54, 1.807) is 0 Å². The number of hydrogen-bond acceptors (Lipinski definition) is 2. The third kappa shape index (κ3) is 3.38. The maximum atomic E-state index is 12.4. The van der Waals surface area contributed by atoms with Gasteiger partial charge in [0.25, 0.3) is 0 Å². The number of benzene rings is 1. The Kier molecular flexibility index (Phi) is 3.80. The molecular formula is C13H15F3O2. The molecule has 1 aromatic carbocycles. The highest BCUT2D eigenvalue weighted by molar-refractivity contribution is 5.29. The number of rotatable bonds is 5. The van der Waals surface area contributed by atoms with Crippen molar-refractivity contribution in [1.82, 2.24) is 0 Å². The van der Waals surface area contributed by atoms with Crippen LogP contribution >= 0.6 is 0 Å². The molecular weight excluding hydrogens is 245 g/mol. The Morgan fingerprint density at radius 1 is 1.22 bits per heavy atom. The summed E-state index contributed by atoms with van der Waals surface area (Å²) in [5, 5.41) is 8.91. The number of ether oxygens (including phenoxy) is 1. The van der Waals surface area contributed by atoms with Crippen molar-refractivity contribution in [3.8, 4) is 5.75 Å². The first-order chi connectivity index (χ1) is 8.50. The van der Waals surface area contributed by atoms with Gasteiger partial charge < -0.3 is 9.84 Å². The van der Waals surface area contributed by atoms with E-state index in [-0.39, 0.29) is 12.7 Å². The first-order valence-corrected chi connectivity index (χ1v) is 5.95. The molecule has 5 heteroatoms. The Bertz CT molecular complexity index is 382. The zero-order chi connectivity index (χ0) is 13.2. The molecule has 0 aromatic heterocycles. The molecule has 1 aliphatic carbocycles. The fourth-order valence-electron chi connectivity index (χ4n) is 1.88. The first-order valence-electron chi connectivity index (χ1n) is 5.95. The summed E-state index contributed by atoms with van der Waals surface area (Å²) in [5.74, 6) is 0.854. The van der Waals surface area contributed by atoms with E-state index in [9.17, 15) is 13.2 Å². The highest BCUT2D eigenvalue weighted by Crippen LogP contribution is 2.37. The zero-order valence-electron chi connectivity index (χ0n) is 9.78. The summed E-state index contributed by atoms with van der Waals surface area (Å²) in [5.41, 5.74) is -0.681. The predicted octanol–water partition coefficient (Wildman–Crippen LogP) is 3.25. The van der Waals surface area contributed by atoms with Crippen molar-refractivity contribution in [2.45, 2.75) is 31.5 Å². The molecule has 0 amide bonds. The van der Waals surface area contributed by atoms with E-state index in [0.717, 1.165) is 25.0 Å². The maximum absolute atomic E-state index is 12.4. The topological polar surface area (TPSA) is 29.5 Å². The monoisotopic (exact) mass is 260 g/mol. The van der Waals surface area contributed by atoms with E-state index in [0.29, 0.717) is 18.1 Å². The molecule has 100 valence electrons. The summed E-state index contributed by atoms with van der Waals surface area (Å²) in [6.45, 7) is 0.0296. The van der Waals surface area contributed by atoms with Crippen LogP contribution in [0.3, 0.4) is 0 Å². The van der Waals surface area contributed by atoms with E-state index in [2.05, 4.69) is 0 Å². The molecule has 0 spiro atoms. The van der Waals surface area contributed by atoms with Crippen LogP contribution in [0.1, 0.15) is 24.8 Å². The second-order valence-electron chi connectivity index (χ2n) is 4.53. The van der Waals surface area contributed by atoms with E-state index >= 15 is 0 Å². The molecule has 1 saturated carbocycles. The first kappa shape index (κ1) is 13.2. The second kappa shape index (κ2) is 5.18. The molecule has 2 rings (SSSR count). The molecule has 0 bridgehead atoms. The van der Waals surface area contributed by atoms with Crippen molar-refractivity contribution in [3.63, 3.8) is 0 Å². The number of aliphatic hydroxyl groups excluding tert-OH is 1. The molecule has 18 heavy (non-hydrogen) atoms. The zero-order valence-corrected chi connectivity index (χ0v) is 9.78. The average Bonchev–Trinajstić information content (AvgIpc) is 3.12. The van der Waals surface area contributed by atoms with Gasteiger partial charge in [-0.15, -0.1) is 0 Å². The van der Waals surface area contributed by atoms with Gasteiger partial charge in [-0.25, -0.2) is 0 Å². The lowest BCUT2D eigenvalue weighted by atomic mass is 10.1. The largest absolute Gasteiger partial charge is 0.490 e. The molecule has 2 nitrogen and oxygen atoms in total. The molecule has 1 aliphatic rings. The van der Waals surface area contributed by atoms with Crippen molar-refractivity contribution in [2.24, 2.45) is 5.92 Å². The van der Waals surface area contributed by atoms with Crippen molar-refractivity contribution in [3.05, 3.63) is 29.8 Å². The number of alkyl halides is 3. The Morgan fingerprint density at radius 3 is 2.28 bits per heavy atom. The average molecular weight is 260 g/mol. The Morgan fingerprint density at radius 2 is 1.83 bits per heavy atom. The summed E-state index contributed by atoms with van der Waals surface area (Å²) in [4.78, 5) is 0. The van der Waals surface area contributed by atoms with Crippen LogP contribution in [0.2, 0.25) is 0 Å². The Hall–Kier alpha value is -1.23. The van der Waals surface area contributed by atoms with Gasteiger partial charge in [0.15, 0.2) is 0 Å². The third-order valence-corrected chi connectivity index (χ3v) is 3.03. The van der Waals surface area contributed by atoms with E-state index in [4.69, 9.17) is 9.84 Å². The van der Waals surface area contributed by atoms with Crippen LogP contribution in [0, 0.1) is 5.92 Å². The lowest BCUT2D eigenvalue weighted by Crippen LogP contribution is -2.20. The van der Waals surface area contributed by atoms with Gasteiger partial charge in [0.2, 0.25) is 0 Å². The minimum atomic E-state index is -4.32. The van der Waals surface area contributed by atoms with E-state index in [1.165, 1.54) is 12.1 Å². The van der Waals surface area contributed by atoms with Gasteiger partial charge in [-0.1, -0.05) is 0 Å². The molecule has 0 aliphatic heterocycles. The third-order valence-electron chi connectivity index (χ3n) is 3.03. The minimum Gasteiger partial charge on any atom is -0.490 e. The fraction of sp³-hybridized carbons (Fsp3) is 0.538. The lowest BCUT2D eigenvalue weighted by Gasteiger charge is -2.18. The number of halogens is 3. The molecule has 1 aromatic rings. The van der Waals surface area contributed by atoms with Crippen LogP contribution < -0.4 is 4.74 Å². The molecule has 1 unspecified atom stereocenters. The van der Waals surface area contributed by atoms with Gasteiger partial charge in [0, 0.05) is 13.0 Å². The molecule has 1 atom stereocenters. The molecule has 0 saturated heterocycles. The van der Waals surface area contributed by atoms with Crippen LogP contribution in [0.25, 0.3) is 0 Å². The maximum Gasteiger partial charge on any atom is 0.416 e. The van der Waals surface area contributed by atoms with Gasteiger partial charge in [-0.05, 0) is 43.0 Å². The predicted molar refractivity (Wildman–Crippen MR) is 60.3 cm³/mol. The Labute approximate surface area is 103 Å².